The Bertz CT molecular complexity index is 1310. The second-order valence-corrected chi connectivity index (χ2v) is 12.4. The molecule has 0 amide bonds. The fraction of sp³-hybridized carbons (Fsp3) is 0.400. The van der Waals surface area contributed by atoms with Crippen LogP contribution in [0.1, 0.15) is 24.8 Å². The van der Waals surface area contributed by atoms with Crippen molar-refractivity contribution in [2.24, 2.45) is 0 Å². The van der Waals surface area contributed by atoms with Crippen molar-refractivity contribution in [3.8, 4) is 5.75 Å². The van der Waals surface area contributed by atoms with Gasteiger partial charge in [0.2, 0.25) is 16.0 Å². The predicted octanol–water partition coefficient (Wildman–Crippen LogP) is 2.81. The van der Waals surface area contributed by atoms with Gasteiger partial charge in [0.15, 0.2) is 21.4 Å². The Morgan fingerprint density at radius 3 is 2.36 bits per heavy atom. The number of fused-ring (bicyclic) bond motifs is 3. The molecule has 1 heterocycles. The number of alkyl halides is 1. The zero-order chi connectivity index (χ0) is 24.2. The molecule has 0 bridgehead atoms. The molecule has 1 aliphatic heterocycles. The first-order chi connectivity index (χ1) is 15.4. The van der Waals surface area contributed by atoms with Crippen molar-refractivity contribution in [1.29, 1.82) is 0 Å². The summed E-state index contributed by atoms with van der Waals surface area (Å²) in [5.41, 5.74) is -3.05. The van der Waals surface area contributed by atoms with Crippen LogP contribution in [0.2, 0.25) is 5.02 Å². The van der Waals surface area contributed by atoms with E-state index in [-0.39, 0.29) is 16.3 Å². The number of halogens is 4. The van der Waals surface area contributed by atoms with Gasteiger partial charge in [0, 0.05) is 11.1 Å². The van der Waals surface area contributed by atoms with Crippen LogP contribution in [0.5, 0.6) is 5.75 Å². The minimum atomic E-state index is -4.63. The maximum Gasteiger partial charge on any atom is 0.241 e. The van der Waals surface area contributed by atoms with Gasteiger partial charge in [0.25, 0.3) is 0 Å². The molecule has 1 saturated carbocycles. The van der Waals surface area contributed by atoms with Crippen molar-refractivity contribution in [1.82, 2.24) is 4.72 Å². The van der Waals surface area contributed by atoms with Crippen LogP contribution in [0.15, 0.2) is 41.3 Å². The number of aliphatic hydroxyl groups is 1. The SMILES string of the molecule is O=S(=O)(CF)N[C@@H]1CC[C@@]2(S(=O)(=O)c3ccc(Cl)cc3)c3c(F)ccc(F)c3OC[C@@]2(O)C1. The summed E-state index contributed by atoms with van der Waals surface area (Å²) in [6.07, 6.45) is -1.25. The molecule has 33 heavy (non-hydrogen) atoms. The zero-order valence-electron chi connectivity index (χ0n) is 16.9. The molecular weight excluding hydrogens is 507 g/mol. The Kier molecular flexibility index (Phi) is 5.97. The lowest BCUT2D eigenvalue weighted by molar-refractivity contribution is -0.0888. The van der Waals surface area contributed by atoms with E-state index in [1.54, 1.807) is 0 Å². The Balaban J connectivity index is 1.95. The molecule has 0 spiro atoms. The number of benzene rings is 2. The molecule has 3 atom stereocenters. The highest BCUT2D eigenvalue weighted by molar-refractivity contribution is 7.92. The van der Waals surface area contributed by atoms with E-state index in [0.29, 0.717) is 0 Å². The van der Waals surface area contributed by atoms with E-state index in [1.165, 1.54) is 24.3 Å². The standard InChI is InChI=1S/C20H19ClF3NO6S2/c21-12-1-3-14(4-2-12)33(29,30)20-8-7-13(25-32(27,28)11-22)9-19(20,26)10-31-18-16(24)6-5-15(23)17(18)20/h1-6,13,25-26H,7-11H2/t13-,19+,20-/m1/s1. The lowest BCUT2D eigenvalue weighted by Crippen LogP contribution is -2.67. The third-order valence-corrected chi connectivity index (χ3v) is 10.0. The summed E-state index contributed by atoms with van der Waals surface area (Å²) in [6.45, 7) is -0.763. The van der Waals surface area contributed by atoms with E-state index < -0.39 is 84.7 Å². The number of ether oxygens (including phenoxy) is 1. The Labute approximate surface area is 193 Å². The fourth-order valence-electron chi connectivity index (χ4n) is 4.78. The Morgan fingerprint density at radius 1 is 1.09 bits per heavy atom. The number of hydrogen-bond donors (Lipinski definition) is 2. The van der Waals surface area contributed by atoms with Crippen LogP contribution in [-0.4, -0.2) is 46.2 Å². The molecule has 13 heteroatoms. The van der Waals surface area contributed by atoms with E-state index in [4.69, 9.17) is 16.3 Å². The molecular formula is C20H19ClF3NO6S2. The molecule has 0 unspecified atom stereocenters. The van der Waals surface area contributed by atoms with Crippen LogP contribution in [0, 0.1) is 11.6 Å². The van der Waals surface area contributed by atoms with Gasteiger partial charge < -0.3 is 9.84 Å². The Morgan fingerprint density at radius 2 is 1.73 bits per heavy atom. The number of sulfone groups is 1. The quantitative estimate of drug-likeness (QED) is 0.621. The van der Waals surface area contributed by atoms with Crippen molar-refractivity contribution in [3.63, 3.8) is 0 Å². The molecule has 7 nitrogen and oxygen atoms in total. The summed E-state index contributed by atoms with van der Waals surface area (Å²) in [4.78, 5) is -0.301. The highest BCUT2D eigenvalue weighted by atomic mass is 35.5. The molecule has 180 valence electrons. The van der Waals surface area contributed by atoms with E-state index in [1.807, 2.05) is 0 Å². The van der Waals surface area contributed by atoms with Crippen LogP contribution < -0.4 is 9.46 Å². The topological polar surface area (TPSA) is 110 Å². The third-order valence-electron chi connectivity index (χ3n) is 6.17. The predicted molar refractivity (Wildman–Crippen MR) is 113 cm³/mol. The summed E-state index contributed by atoms with van der Waals surface area (Å²) in [7, 11) is -8.97. The molecule has 1 fully saturated rings. The maximum atomic E-state index is 15.2. The van der Waals surface area contributed by atoms with Gasteiger partial charge in [-0.05, 0) is 55.7 Å². The average molecular weight is 526 g/mol. The van der Waals surface area contributed by atoms with Crippen molar-refractivity contribution < 1.29 is 39.9 Å². The minimum absolute atomic E-state index is 0.205. The first-order valence-electron chi connectivity index (χ1n) is 9.77. The van der Waals surface area contributed by atoms with Gasteiger partial charge in [-0.25, -0.2) is 34.7 Å². The second-order valence-electron chi connectivity index (χ2n) is 8.12. The molecule has 1 aliphatic carbocycles. The fourth-order valence-corrected chi connectivity index (χ4v) is 8.06. The van der Waals surface area contributed by atoms with Gasteiger partial charge in [0.1, 0.15) is 22.8 Å². The molecule has 4 rings (SSSR count). The first kappa shape index (κ1) is 24.3. The maximum absolute atomic E-state index is 15.2. The summed E-state index contributed by atoms with van der Waals surface area (Å²) in [5, 5.41) is 11.9. The van der Waals surface area contributed by atoms with Gasteiger partial charge >= 0.3 is 0 Å². The molecule has 2 aromatic carbocycles. The summed E-state index contributed by atoms with van der Waals surface area (Å²) in [5.74, 6) is -2.76. The van der Waals surface area contributed by atoms with Crippen LogP contribution >= 0.6 is 11.6 Å². The minimum Gasteiger partial charge on any atom is -0.487 e. The molecule has 0 radical (unpaired) electrons. The normalized spacial score (nSPS) is 27.4. The number of hydrogen-bond acceptors (Lipinski definition) is 6. The van der Waals surface area contributed by atoms with E-state index in [9.17, 15) is 30.7 Å². The van der Waals surface area contributed by atoms with Gasteiger partial charge in [0.05, 0.1) is 10.5 Å². The molecule has 0 saturated heterocycles. The van der Waals surface area contributed by atoms with E-state index >= 15 is 4.39 Å². The number of sulfonamides is 1. The van der Waals surface area contributed by atoms with Gasteiger partial charge in [-0.3, -0.25) is 0 Å². The van der Waals surface area contributed by atoms with Crippen LogP contribution in [0.4, 0.5) is 13.2 Å². The first-order valence-corrected chi connectivity index (χ1v) is 13.3. The van der Waals surface area contributed by atoms with Crippen LogP contribution in [0.25, 0.3) is 0 Å². The van der Waals surface area contributed by atoms with Crippen molar-refractivity contribution >= 4 is 31.5 Å². The average Bonchev–Trinajstić information content (AvgIpc) is 2.75. The summed E-state index contributed by atoms with van der Waals surface area (Å²) >= 11 is 5.86. The van der Waals surface area contributed by atoms with E-state index in [2.05, 4.69) is 4.72 Å². The van der Waals surface area contributed by atoms with Crippen molar-refractivity contribution in [2.75, 3.05) is 12.6 Å². The monoisotopic (exact) mass is 525 g/mol. The molecule has 2 aromatic rings. The Hall–Kier alpha value is -1.86. The van der Waals surface area contributed by atoms with Gasteiger partial charge in [-0.2, -0.15) is 0 Å². The zero-order valence-corrected chi connectivity index (χ0v) is 19.3. The summed E-state index contributed by atoms with van der Waals surface area (Å²) < 4.78 is 98.9. The lowest BCUT2D eigenvalue weighted by atomic mass is 9.68. The van der Waals surface area contributed by atoms with Crippen molar-refractivity contribution in [3.05, 3.63) is 58.6 Å². The van der Waals surface area contributed by atoms with Crippen molar-refractivity contribution in [2.45, 2.75) is 40.5 Å². The van der Waals surface area contributed by atoms with Gasteiger partial charge in [-0.15, -0.1) is 0 Å². The highest BCUT2D eigenvalue weighted by Gasteiger charge is 2.67. The summed E-state index contributed by atoms with van der Waals surface area (Å²) in [6, 6.07) is 3.69. The van der Waals surface area contributed by atoms with Gasteiger partial charge in [-0.1, -0.05) is 11.6 Å². The lowest BCUT2D eigenvalue weighted by Gasteiger charge is -2.54. The largest absolute Gasteiger partial charge is 0.487 e. The molecule has 0 aromatic heterocycles. The van der Waals surface area contributed by atoms with E-state index in [0.717, 1.165) is 12.1 Å². The third kappa shape index (κ3) is 3.72. The van der Waals surface area contributed by atoms with Crippen LogP contribution in [-0.2, 0) is 24.6 Å². The highest BCUT2D eigenvalue weighted by Crippen LogP contribution is 2.58. The molecule has 2 N–H and O–H groups in total. The number of rotatable bonds is 5. The van der Waals surface area contributed by atoms with Crippen LogP contribution in [0.3, 0.4) is 0 Å². The second kappa shape index (κ2) is 8.12. The number of nitrogens with one attached hydrogen (secondary N) is 1. The smallest absolute Gasteiger partial charge is 0.241 e. The molecule has 2 aliphatic rings.